The summed E-state index contributed by atoms with van der Waals surface area (Å²) in [4.78, 5) is 4.75. The Labute approximate surface area is 327 Å². The van der Waals surface area contributed by atoms with E-state index >= 15 is 0 Å². The highest BCUT2D eigenvalue weighted by atomic mass is 15.1. The number of fused-ring (bicyclic) bond motifs is 3. The third kappa shape index (κ3) is 6.14. The lowest BCUT2D eigenvalue weighted by molar-refractivity contribution is 1.29. The summed E-state index contributed by atoms with van der Waals surface area (Å²) in [5.41, 5.74) is 11.5. The van der Waals surface area contributed by atoms with Gasteiger partial charge in [-0.2, -0.15) is 0 Å². The summed E-state index contributed by atoms with van der Waals surface area (Å²) in [7, 11) is 0. The number of benzene rings is 10. The van der Waals surface area contributed by atoms with Crippen molar-refractivity contribution in [3.63, 3.8) is 0 Å². The fourth-order valence-corrected chi connectivity index (χ4v) is 8.10. The Bertz CT molecular complexity index is 2950. The van der Waals surface area contributed by atoms with Crippen LogP contribution in [-0.4, -0.2) is 0 Å². The maximum Gasteiger partial charge on any atom is 0.0540 e. The molecule has 2 nitrogen and oxygen atoms in total. The van der Waals surface area contributed by atoms with Crippen LogP contribution < -0.4 is 9.80 Å². The van der Waals surface area contributed by atoms with E-state index in [1.165, 1.54) is 54.6 Å². The quantitative estimate of drug-likeness (QED) is 0.155. The van der Waals surface area contributed by atoms with E-state index in [-0.39, 0.29) is 0 Å². The lowest BCUT2D eigenvalue weighted by Gasteiger charge is -2.28. The SMILES string of the molecule is c1ccc(-c2ccc(N(c3ccccc3)c3ccc(-c4ccc(N(c5ccc6ccccc6c5)c5cccc6ccccc56)cc4)cc3)c3ccccc23)cc1. The topological polar surface area (TPSA) is 6.48 Å². The van der Waals surface area contributed by atoms with Gasteiger partial charge in [-0.25, -0.2) is 0 Å². The molecule has 10 rings (SSSR count). The van der Waals surface area contributed by atoms with Crippen LogP contribution in [0.1, 0.15) is 0 Å². The van der Waals surface area contributed by atoms with Crippen LogP contribution in [0.25, 0.3) is 54.6 Å². The second kappa shape index (κ2) is 14.4. The molecule has 0 aliphatic heterocycles. The van der Waals surface area contributed by atoms with E-state index in [9.17, 15) is 0 Å². The molecule has 264 valence electrons. The van der Waals surface area contributed by atoms with Gasteiger partial charge in [0.15, 0.2) is 0 Å². The molecule has 0 fully saturated rings. The van der Waals surface area contributed by atoms with Gasteiger partial charge in [0.1, 0.15) is 0 Å². The number of hydrogen-bond donors (Lipinski definition) is 0. The molecule has 0 heterocycles. The molecule has 0 amide bonds. The monoisotopic (exact) mass is 714 g/mol. The maximum absolute atomic E-state index is 2.38. The molecule has 10 aromatic carbocycles. The van der Waals surface area contributed by atoms with Crippen molar-refractivity contribution in [3.05, 3.63) is 231 Å². The van der Waals surface area contributed by atoms with Crippen molar-refractivity contribution in [1.82, 2.24) is 0 Å². The number of nitrogens with zero attached hydrogens (tertiary/aromatic N) is 2. The number of para-hydroxylation sites is 1. The zero-order valence-corrected chi connectivity index (χ0v) is 30.8. The minimum atomic E-state index is 1.10. The van der Waals surface area contributed by atoms with Gasteiger partial charge in [0.25, 0.3) is 0 Å². The summed E-state index contributed by atoms with van der Waals surface area (Å²) in [6, 6.07) is 83.0. The molecule has 0 saturated heterocycles. The van der Waals surface area contributed by atoms with E-state index in [2.05, 4.69) is 240 Å². The average molecular weight is 715 g/mol. The van der Waals surface area contributed by atoms with Crippen molar-refractivity contribution >= 4 is 66.4 Å². The zero-order chi connectivity index (χ0) is 37.3. The highest BCUT2D eigenvalue weighted by Crippen LogP contribution is 2.43. The Kier molecular flexibility index (Phi) is 8.55. The average Bonchev–Trinajstić information content (AvgIpc) is 3.28. The van der Waals surface area contributed by atoms with Crippen molar-refractivity contribution in [2.45, 2.75) is 0 Å². The molecular formula is C54H38N2. The van der Waals surface area contributed by atoms with E-state index in [0.29, 0.717) is 0 Å². The Balaban J connectivity index is 1.03. The van der Waals surface area contributed by atoms with Crippen LogP contribution in [0.15, 0.2) is 231 Å². The lowest BCUT2D eigenvalue weighted by atomic mass is 9.96. The van der Waals surface area contributed by atoms with Crippen LogP contribution in [0.2, 0.25) is 0 Å². The summed E-state index contributed by atoms with van der Waals surface area (Å²) in [6.07, 6.45) is 0. The number of rotatable bonds is 8. The highest BCUT2D eigenvalue weighted by molar-refractivity contribution is 6.06. The molecule has 0 saturated carbocycles. The molecule has 0 aliphatic rings. The smallest absolute Gasteiger partial charge is 0.0540 e. The molecule has 0 unspecified atom stereocenters. The third-order valence-corrected chi connectivity index (χ3v) is 10.8. The van der Waals surface area contributed by atoms with Gasteiger partial charge in [-0.3, -0.25) is 0 Å². The van der Waals surface area contributed by atoms with Gasteiger partial charge in [0, 0.05) is 33.5 Å². The van der Waals surface area contributed by atoms with Gasteiger partial charge in [-0.05, 0) is 104 Å². The molecule has 0 radical (unpaired) electrons. The van der Waals surface area contributed by atoms with Crippen molar-refractivity contribution in [1.29, 1.82) is 0 Å². The third-order valence-electron chi connectivity index (χ3n) is 10.8. The van der Waals surface area contributed by atoms with Crippen molar-refractivity contribution in [2.75, 3.05) is 9.80 Å². The summed E-state index contributed by atoms with van der Waals surface area (Å²) in [5, 5.41) is 7.33. The standard InChI is InChI=1S/C54H38N2/c1-3-15-42(16-4-1)49-36-37-54(52-24-12-11-23-51(49)52)55(45-20-5-2-6-21-45)46-31-26-40(27-32-46)41-28-33-47(34-29-41)56(48-35-30-39-14-7-8-18-44(39)38-48)53-25-13-19-43-17-9-10-22-50(43)53/h1-38H. The van der Waals surface area contributed by atoms with Crippen LogP contribution in [0.4, 0.5) is 34.1 Å². The normalized spacial score (nSPS) is 11.2. The van der Waals surface area contributed by atoms with Crippen LogP contribution in [0.5, 0.6) is 0 Å². The predicted molar refractivity (Wildman–Crippen MR) is 239 cm³/mol. The summed E-state index contributed by atoms with van der Waals surface area (Å²) < 4.78 is 0. The van der Waals surface area contributed by atoms with Gasteiger partial charge < -0.3 is 9.80 Å². The first kappa shape index (κ1) is 33.2. The molecule has 0 N–H and O–H groups in total. The highest BCUT2D eigenvalue weighted by Gasteiger charge is 2.19. The van der Waals surface area contributed by atoms with E-state index in [4.69, 9.17) is 0 Å². The molecule has 56 heavy (non-hydrogen) atoms. The van der Waals surface area contributed by atoms with Gasteiger partial charge in [0.2, 0.25) is 0 Å². The minimum absolute atomic E-state index is 1.10. The maximum atomic E-state index is 2.38. The van der Waals surface area contributed by atoms with E-state index in [1.54, 1.807) is 0 Å². The zero-order valence-electron chi connectivity index (χ0n) is 30.8. The molecule has 10 aromatic rings. The fraction of sp³-hybridized carbons (Fsp3) is 0. The summed E-state index contributed by atoms with van der Waals surface area (Å²) in [6.45, 7) is 0. The van der Waals surface area contributed by atoms with Crippen LogP contribution in [-0.2, 0) is 0 Å². The Morgan fingerprint density at radius 3 is 1.41 bits per heavy atom. The molecule has 0 bridgehead atoms. The number of hydrogen-bond acceptors (Lipinski definition) is 2. The van der Waals surface area contributed by atoms with Gasteiger partial charge in [-0.15, -0.1) is 0 Å². The van der Waals surface area contributed by atoms with Crippen molar-refractivity contribution < 1.29 is 0 Å². The molecule has 0 spiro atoms. The number of anilines is 6. The van der Waals surface area contributed by atoms with Crippen molar-refractivity contribution in [3.8, 4) is 22.3 Å². The van der Waals surface area contributed by atoms with Crippen LogP contribution in [0.3, 0.4) is 0 Å². The first-order valence-corrected chi connectivity index (χ1v) is 19.2. The summed E-state index contributed by atoms with van der Waals surface area (Å²) >= 11 is 0. The first-order valence-electron chi connectivity index (χ1n) is 19.2. The molecular weight excluding hydrogens is 677 g/mol. The second-order valence-electron chi connectivity index (χ2n) is 14.2. The fourth-order valence-electron chi connectivity index (χ4n) is 8.10. The van der Waals surface area contributed by atoms with Gasteiger partial charge in [0.05, 0.1) is 11.4 Å². The molecule has 0 aromatic heterocycles. The predicted octanol–water partition coefficient (Wildman–Crippen LogP) is 15.4. The van der Waals surface area contributed by atoms with E-state index in [1.807, 2.05) is 0 Å². The summed E-state index contributed by atoms with van der Waals surface area (Å²) in [5.74, 6) is 0. The molecule has 0 aliphatic carbocycles. The minimum Gasteiger partial charge on any atom is -0.310 e. The largest absolute Gasteiger partial charge is 0.310 e. The van der Waals surface area contributed by atoms with Gasteiger partial charge in [-0.1, -0.05) is 170 Å². The Morgan fingerprint density at radius 2 is 0.714 bits per heavy atom. The van der Waals surface area contributed by atoms with Crippen LogP contribution >= 0.6 is 0 Å². The van der Waals surface area contributed by atoms with Crippen molar-refractivity contribution in [2.24, 2.45) is 0 Å². The first-order chi connectivity index (χ1) is 27.8. The van der Waals surface area contributed by atoms with E-state index < -0.39 is 0 Å². The Morgan fingerprint density at radius 1 is 0.232 bits per heavy atom. The Hall–Kier alpha value is -7.42. The lowest BCUT2D eigenvalue weighted by Crippen LogP contribution is -2.10. The molecule has 2 heteroatoms. The van der Waals surface area contributed by atoms with E-state index in [0.717, 1.165) is 34.1 Å². The molecule has 0 atom stereocenters. The van der Waals surface area contributed by atoms with Crippen LogP contribution in [0, 0.1) is 0 Å². The second-order valence-corrected chi connectivity index (χ2v) is 14.2. The van der Waals surface area contributed by atoms with Gasteiger partial charge >= 0.3 is 0 Å².